The molecule has 1 aliphatic rings. The minimum Gasteiger partial charge on any atom is -0.323 e. The van der Waals surface area contributed by atoms with E-state index in [2.05, 4.69) is 0 Å². The lowest BCUT2D eigenvalue weighted by Gasteiger charge is -2.25. The smallest absolute Gasteiger partial charge is 0.274 e. The highest BCUT2D eigenvalue weighted by Crippen LogP contribution is 2.36. The fraction of sp³-hybridized carbons (Fsp3) is 0.278. The van der Waals surface area contributed by atoms with E-state index in [-0.39, 0.29) is 11.6 Å². The number of amides is 1. The van der Waals surface area contributed by atoms with Crippen LogP contribution in [0.25, 0.3) is 0 Å². The first-order valence-electron chi connectivity index (χ1n) is 7.89. The van der Waals surface area contributed by atoms with Gasteiger partial charge < -0.3 is 10.6 Å². The standard InChI is InChI=1S/C18H19N3O3/c1-12(17(19)13-6-3-2-4-7-13)18(22)20-11-10-14-15(20)8-5-9-16(14)21(23)24/h2-9,12,17H,10-11,19H2,1H3. The maximum atomic E-state index is 12.9. The third-order valence-electron chi connectivity index (χ3n) is 4.58. The summed E-state index contributed by atoms with van der Waals surface area (Å²) in [6, 6.07) is 13.9. The molecule has 1 heterocycles. The lowest BCUT2D eigenvalue weighted by atomic mass is 9.94. The molecule has 0 aromatic heterocycles. The van der Waals surface area contributed by atoms with Gasteiger partial charge in [-0.15, -0.1) is 0 Å². The van der Waals surface area contributed by atoms with Crippen LogP contribution in [-0.2, 0) is 11.2 Å². The molecule has 2 N–H and O–H groups in total. The third-order valence-corrected chi connectivity index (χ3v) is 4.58. The molecule has 6 heteroatoms. The molecule has 1 aliphatic heterocycles. The molecule has 2 atom stereocenters. The summed E-state index contributed by atoms with van der Waals surface area (Å²) in [6.07, 6.45) is 0.492. The molecule has 0 aliphatic carbocycles. The Morgan fingerprint density at radius 1 is 1.21 bits per heavy atom. The van der Waals surface area contributed by atoms with Crippen molar-refractivity contribution in [3.05, 3.63) is 69.8 Å². The van der Waals surface area contributed by atoms with Crippen molar-refractivity contribution in [2.24, 2.45) is 11.7 Å². The van der Waals surface area contributed by atoms with Crippen LogP contribution in [0.1, 0.15) is 24.1 Å². The van der Waals surface area contributed by atoms with Crippen LogP contribution in [0.4, 0.5) is 11.4 Å². The quantitative estimate of drug-likeness (QED) is 0.691. The summed E-state index contributed by atoms with van der Waals surface area (Å²) in [4.78, 5) is 25.3. The van der Waals surface area contributed by atoms with Gasteiger partial charge in [0.15, 0.2) is 0 Å². The minimum atomic E-state index is -0.419. The molecule has 2 aromatic carbocycles. The molecule has 0 saturated carbocycles. The Balaban J connectivity index is 1.86. The monoisotopic (exact) mass is 325 g/mol. The van der Waals surface area contributed by atoms with Gasteiger partial charge in [-0.3, -0.25) is 14.9 Å². The van der Waals surface area contributed by atoms with Gasteiger partial charge >= 0.3 is 0 Å². The summed E-state index contributed by atoms with van der Waals surface area (Å²) in [7, 11) is 0. The number of benzene rings is 2. The van der Waals surface area contributed by atoms with Gasteiger partial charge in [0.1, 0.15) is 0 Å². The molecule has 24 heavy (non-hydrogen) atoms. The van der Waals surface area contributed by atoms with Crippen LogP contribution in [0, 0.1) is 16.0 Å². The number of nitro groups is 1. The molecular weight excluding hydrogens is 306 g/mol. The zero-order valence-corrected chi connectivity index (χ0v) is 13.4. The van der Waals surface area contributed by atoms with Crippen LogP contribution in [0.2, 0.25) is 0 Å². The zero-order valence-electron chi connectivity index (χ0n) is 13.4. The summed E-state index contributed by atoms with van der Waals surface area (Å²) in [5, 5.41) is 11.1. The van der Waals surface area contributed by atoms with Crippen molar-refractivity contribution in [3.8, 4) is 0 Å². The third kappa shape index (κ3) is 2.76. The van der Waals surface area contributed by atoms with Crippen molar-refractivity contribution in [2.45, 2.75) is 19.4 Å². The van der Waals surface area contributed by atoms with Crippen molar-refractivity contribution in [1.29, 1.82) is 0 Å². The van der Waals surface area contributed by atoms with Crippen LogP contribution in [0.3, 0.4) is 0 Å². The fourth-order valence-corrected chi connectivity index (χ4v) is 3.18. The van der Waals surface area contributed by atoms with E-state index in [1.54, 1.807) is 24.0 Å². The highest BCUT2D eigenvalue weighted by molar-refractivity contribution is 5.98. The van der Waals surface area contributed by atoms with Gasteiger partial charge in [0.05, 0.1) is 22.1 Å². The second-order valence-corrected chi connectivity index (χ2v) is 6.00. The van der Waals surface area contributed by atoms with E-state index >= 15 is 0 Å². The normalized spacial score (nSPS) is 15.7. The van der Waals surface area contributed by atoms with Gasteiger partial charge in [0.2, 0.25) is 5.91 Å². The topological polar surface area (TPSA) is 89.5 Å². The maximum absolute atomic E-state index is 12.9. The van der Waals surface area contributed by atoms with Crippen molar-refractivity contribution >= 4 is 17.3 Å². The van der Waals surface area contributed by atoms with Crippen LogP contribution in [0.5, 0.6) is 0 Å². The second kappa shape index (κ2) is 6.41. The van der Waals surface area contributed by atoms with Crippen molar-refractivity contribution in [1.82, 2.24) is 0 Å². The van der Waals surface area contributed by atoms with Gasteiger partial charge in [-0.25, -0.2) is 0 Å². The number of carbonyl (C=O) groups excluding carboxylic acids is 1. The van der Waals surface area contributed by atoms with Gasteiger partial charge in [0.25, 0.3) is 5.69 Å². The Hall–Kier alpha value is -2.73. The number of hydrogen-bond donors (Lipinski definition) is 1. The number of nitrogens with zero attached hydrogens (tertiary/aromatic N) is 2. The van der Waals surface area contributed by atoms with E-state index in [1.807, 2.05) is 30.3 Å². The Labute approximate surface area is 140 Å². The number of nitro benzene ring substituents is 1. The molecule has 3 rings (SSSR count). The number of carbonyl (C=O) groups is 1. The largest absolute Gasteiger partial charge is 0.323 e. The van der Waals surface area contributed by atoms with E-state index in [4.69, 9.17) is 5.73 Å². The van der Waals surface area contributed by atoms with Crippen LogP contribution >= 0.6 is 0 Å². The van der Waals surface area contributed by atoms with Crippen molar-refractivity contribution in [3.63, 3.8) is 0 Å². The van der Waals surface area contributed by atoms with Crippen LogP contribution in [0.15, 0.2) is 48.5 Å². The van der Waals surface area contributed by atoms with E-state index in [9.17, 15) is 14.9 Å². The van der Waals surface area contributed by atoms with Gasteiger partial charge in [-0.05, 0) is 18.1 Å². The summed E-state index contributed by atoms with van der Waals surface area (Å²) < 4.78 is 0. The molecule has 6 nitrogen and oxygen atoms in total. The average molecular weight is 325 g/mol. The molecule has 0 saturated heterocycles. The Bertz CT molecular complexity index is 776. The van der Waals surface area contributed by atoms with E-state index in [0.29, 0.717) is 24.2 Å². The Morgan fingerprint density at radius 2 is 1.92 bits per heavy atom. The van der Waals surface area contributed by atoms with Gasteiger partial charge in [-0.1, -0.05) is 43.3 Å². The lowest BCUT2D eigenvalue weighted by Crippen LogP contribution is -2.38. The zero-order chi connectivity index (χ0) is 17.3. The highest BCUT2D eigenvalue weighted by Gasteiger charge is 2.34. The lowest BCUT2D eigenvalue weighted by molar-refractivity contribution is -0.385. The molecule has 124 valence electrons. The number of nitrogens with two attached hydrogens (primary N) is 1. The summed E-state index contributed by atoms with van der Waals surface area (Å²) >= 11 is 0. The summed E-state index contributed by atoms with van der Waals surface area (Å²) in [5.41, 5.74) is 8.47. The molecule has 2 unspecified atom stereocenters. The predicted molar refractivity (Wildman–Crippen MR) is 91.7 cm³/mol. The average Bonchev–Trinajstić information content (AvgIpc) is 3.04. The molecule has 2 aromatic rings. The van der Waals surface area contributed by atoms with Crippen LogP contribution in [-0.4, -0.2) is 17.4 Å². The number of rotatable bonds is 4. The molecule has 0 fully saturated rings. The first-order chi connectivity index (χ1) is 11.5. The van der Waals surface area contributed by atoms with Gasteiger partial charge in [-0.2, -0.15) is 0 Å². The van der Waals surface area contributed by atoms with Crippen LogP contribution < -0.4 is 10.6 Å². The highest BCUT2D eigenvalue weighted by atomic mass is 16.6. The summed E-state index contributed by atoms with van der Waals surface area (Å²) in [6.45, 7) is 2.25. The summed E-state index contributed by atoms with van der Waals surface area (Å²) in [5.74, 6) is -0.525. The Morgan fingerprint density at radius 3 is 2.58 bits per heavy atom. The SMILES string of the molecule is CC(C(=O)N1CCc2c1cccc2[N+](=O)[O-])C(N)c1ccccc1. The van der Waals surface area contributed by atoms with E-state index < -0.39 is 16.9 Å². The van der Waals surface area contributed by atoms with Gasteiger partial charge in [0, 0.05) is 18.7 Å². The molecule has 1 amide bonds. The fourth-order valence-electron chi connectivity index (χ4n) is 3.18. The predicted octanol–water partition coefficient (Wildman–Crippen LogP) is 2.82. The first kappa shape index (κ1) is 16.1. The van der Waals surface area contributed by atoms with E-state index in [0.717, 1.165) is 5.56 Å². The molecular formula is C18H19N3O3. The molecule has 0 spiro atoms. The van der Waals surface area contributed by atoms with E-state index in [1.165, 1.54) is 6.07 Å². The minimum absolute atomic E-state index is 0.0720. The molecule has 0 bridgehead atoms. The number of fused-ring (bicyclic) bond motifs is 1. The molecule has 0 radical (unpaired) electrons. The second-order valence-electron chi connectivity index (χ2n) is 6.00. The Kier molecular flexibility index (Phi) is 4.31. The van der Waals surface area contributed by atoms with Crippen molar-refractivity contribution < 1.29 is 9.72 Å². The first-order valence-corrected chi connectivity index (χ1v) is 7.89. The number of anilines is 1. The maximum Gasteiger partial charge on any atom is 0.274 e. The number of hydrogen-bond acceptors (Lipinski definition) is 4. The van der Waals surface area contributed by atoms with Crippen molar-refractivity contribution in [2.75, 3.05) is 11.4 Å².